The Kier molecular flexibility index (Phi) is 2.61. The van der Waals surface area contributed by atoms with E-state index in [9.17, 15) is 13.2 Å². The molecule has 0 aromatic carbocycles. The van der Waals surface area contributed by atoms with Crippen LogP contribution in [0.1, 0.15) is 33.6 Å². The lowest BCUT2D eigenvalue weighted by Gasteiger charge is -2.47. The zero-order chi connectivity index (χ0) is 11.2. The maximum atomic E-state index is 12.2. The van der Waals surface area contributed by atoms with Crippen molar-refractivity contribution in [3.05, 3.63) is 0 Å². The van der Waals surface area contributed by atoms with Gasteiger partial charge in [-0.25, -0.2) is 0 Å². The quantitative estimate of drug-likeness (QED) is 0.693. The van der Waals surface area contributed by atoms with Crippen molar-refractivity contribution in [2.45, 2.75) is 57.0 Å². The molecule has 5 heteroatoms. The van der Waals surface area contributed by atoms with Gasteiger partial charge < -0.3 is 10.4 Å². The summed E-state index contributed by atoms with van der Waals surface area (Å²) in [5.41, 5.74) is -2.67. The lowest BCUT2D eigenvalue weighted by atomic mass is 9.74. The lowest BCUT2D eigenvalue weighted by molar-refractivity contribution is -0.293. The molecule has 1 aliphatic carbocycles. The van der Waals surface area contributed by atoms with Gasteiger partial charge in [-0.05, 0) is 20.8 Å². The Morgan fingerprint density at radius 3 is 1.93 bits per heavy atom. The van der Waals surface area contributed by atoms with E-state index in [1.165, 1.54) is 0 Å². The van der Waals surface area contributed by atoms with Crippen LogP contribution >= 0.6 is 0 Å². The third-order valence-electron chi connectivity index (χ3n) is 2.33. The number of hydrogen-bond acceptors (Lipinski definition) is 2. The van der Waals surface area contributed by atoms with Crippen LogP contribution in [-0.4, -0.2) is 28.5 Å². The monoisotopic (exact) mass is 211 g/mol. The summed E-state index contributed by atoms with van der Waals surface area (Å²) >= 11 is 0. The van der Waals surface area contributed by atoms with E-state index in [0.29, 0.717) is 0 Å². The predicted molar refractivity (Wildman–Crippen MR) is 46.9 cm³/mol. The summed E-state index contributed by atoms with van der Waals surface area (Å²) < 4.78 is 36.6. The van der Waals surface area contributed by atoms with Crippen molar-refractivity contribution in [1.29, 1.82) is 0 Å². The van der Waals surface area contributed by atoms with Crippen LogP contribution in [0.3, 0.4) is 0 Å². The van der Waals surface area contributed by atoms with Crippen molar-refractivity contribution in [1.82, 2.24) is 5.32 Å². The number of halogens is 3. The maximum Gasteiger partial charge on any atom is 0.417 e. The molecule has 0 aliphatic heterocycles. The molecule has 0 aromatic heterocycles. The summed E-state index contributed by atoms with van der Waals surface area (Å²) in [6.45, 7) is 5.66. The first-order chi connectivity index (χ1) is 6.04. The summed E-state index contributed by atoms with van der Waals surface area (Å²) in [5.74, 6) is 0. The minimum Gasteiger partial charge on any atom is -0.380 e. The molecule has 0 radical (unpaired) electrons. The zero-order valence-electron chi connectivity index (χ0n) is 8.57. The van der Waals surface area contributed by atoms with Crippen LogP contribution in [0, 0.1) is 0 Å². The molecule has 1 rings (SSSR count). The SMILES string of the molecule is CC(C)(C)N[C@H]1C[C@](O)(C(F)(F)F)C1. The van der Waals surface area contributed by atoms with Gasteiger partial charge >= 0.3 is 6.18 Å². The lowest BCUT2D eigenvalue weighted by Crippen LogP contribution is -2.63. The molecular weight excluding hydrogens is 195 g/mol. The van der Waals surface area contributed by atoms with Gasteiger partial charge in [0, 0.05) is 24.4 Å². The van der Waals surface area contributed by atoms with E-state index in [1.807, 2.05) is 20.8 Å². The Balaban J connectivity index is 2.44. The van der Waals surface area contributed by atoms with Crippen molar-refractivity contribution >= 4 is 0 Å². The number of hydrogen-bond donors (Lipinski definition) is 2. The van der Waals surface area contributed by atoms with Crippen LogP contribution in [0.4, 0.5) is 13.2 Å². The summed E-state index contributed by atoms with van der Waals surface area (Å²) in [5, 5.41) is 12.2. The van der Waals surface area contributed by atoms with Gasteiger partial charge in [-0.3, -0.25) is 0 Å². The fraction of sp³-hybridized carbons (Fsp3) is 1.00. The van der Waals surface area contributed by atoms with Crippen molar-refractivity contribution in [2.75, 3.05) is 0 Å². The molecule has 14 heavy (non-hydrogen) atoms. The van der Waals surface area contributed by atoms with Crippen molar-refractivity contribution in [3.63, 3.8) is 0 Å². The molecule has 1 saturated carbocycles. The smallest absolute Gasteiger partial charge is 0.380 e. The molecule has 0 atom stereocenters. The van der Waals surface area contributed by atoms with Crippen LogP contribution in [0.25, 0.3) is 0 Å². The van der Waals surface area contributed by atoms with Gasteiger partial charge in [0.25, 0.3) is 0 Å². The van der Waals surface area contributed by atoms with Gasteiger partial charge in [0.15, 0.2) is 5.60 Å². The van der Waals surface area contributed by atoms with Crippen LogP contribution in [0.15, 0.2) is 0 Å². The highest BCUT2D eigenvalue weighted by atomic mass is 19.4. The predicted octanol–water partition coefficient (Wildman–Crippen LogP) is 1.83. The Morgan fingerprint density at radius 2 is 1.64 bits per heavy atom. The summed E-state index contributed by atoms with van der Waals surface area (Å²) in [4.78, 5) is 0. The first-order valence-corrected chi connectivity index (χ1v) is 4.60. The van der Waals surface area contributed by atoms with Crippen LogP contribution < -0.4 is 5.32 Å². The maximum absolute atomic E-state index is 12.2. The number of rotatable bonds is 1. The van der Waals surface area contributed by atoms with E-state index in [-0.39, 0.29) is 24.4 Å². The fourth-order valence-corrected chi connectivity index (χ4v) is 1.70. The molecule has 0 saturated heterocycles. The molecule has 0 bridgehead atoms. The van der Waals surface area contributed by atoms with Gasteiger partial charge in [-0.1, -0.05) is 0 Å². The van der Waals surface area contributed by atoms with E-state index < -0.39 is 11.8 Å². The highest BCUT2D eigenvalue weighted by Gasteiger charge is 2.61. The Morgan fingerprint density at radius 1 is 1.21 bits per heavy atom. The average molecular weight is 211 g/mol. The molecule has 1 aliphatic rings. The summed E-state index contributed by atoms with van der Waals surface area (Å²) in [6, 6.07) is -0.235. The highest BCUT2D eigenvalue weighted by molar-refractivity contribution is 5.04. The Labute approximate surface area is 81.5 Å². The number of aliphatic hydroxyl groups is 1. The van der Waals surface area contributed by atoms with Gasteiger partial charge in [0.2, 0.25) is 0 Å². The minimum atomic E-state index is -4.50. The van der Waals surface area contributed by atoms with Crippen molar-refractivity contribution in [2.24, 2.45) is 0 Å². The minimum absolute atomic E-state index is 0.211. The molecule has 0 aromatic rings. The first kappa shape index (κ1) is 11.8. The standard InChI is InChI=1S/C9H16F3NO/c1-7(2,3)13-6-4-8(14,5-6)9(10,11)12/h6,13-14H,4-5H2,1-3H3/t6-,8+. The second-order valence-electron chi connectivity index (χ2n) is 5.03. The van der Waals surface area contributed by atoms with E-state index in [4.69, 9.17) is 5.11 Å². The van der Waals surface area contributed by atoms with E-state index in [2.05, 4.69) is 5.32 Å². The van der Waals surface area contributed by atoms with Crippen molar-refractivity contribution in [3.8, 4) is 0 Å². The van der Waals surface area contributed by atoms with Crippen molar-refractivity contribution < 1.29 is 18.3 Å². The molecule has 0 heterocycles. The molecule has 84 valence electrons. The number of alkyl halides is 3. The second-order valence-corrected chi connectivity index (χ2v) is 5.03. The van der Waals surface area contributed by atoms with Gasteiger partial charge in [-0.2, -0.15) is 13.2 Å². The molecule has 1 fully saturated rings. The Hall–Kier alpha value is -0.290. The van der Waals surface area contributed by atoms with Gasteiger partial charge in [0.1, 0.15) is 0 Å². The van der Waals surface area contributed by atoms with E-state index in [1.54, 1.807) is 0 Å². The summed E-state index contributed by atoms with van der Waals surface area (Å²) in [7, 11) is 0. The molecule has 0 amide bonds. The molecule has 2 N–H and O–H groups in total. The summed E-state index contributed by atoms with van der Waals surface area (Å²) in [6.07, 6.45) is -4.98. The van der Waals surface area contributed by atoms with Crippen LogP contribution in [0.5, 0.6) is 0 Å². The average Bonchev–Trinajstić information content (AvgIpc) is 1.77. The topological polar surface area (TPSA) is 32.3 Å². The third kappa shape index (κ3) is 2.39. The van der Waals surface area contributed by atoms with Crippen LogP contribution in [-0.2, 0) is 0 Å². The molecule has 2 nitrogen and oxygen atoms in total. The largest absolute Gasteiger partial charge is 0.417 e. The molecule has 0 unspecified atom stereocenters. The first-order valence-electron chi connectivity index (χ1n) is 4.60. The normalized spacial score (nSPS) is 34.1. The molecular formula is C9H16F3NO. The van der Waals surface area contributed by atoms with E-state index in [0.717, 1.165) is 0 Å². The zero-order valence-corrected chi connectivity index (χ0v) is 8.57. The van der Waals surface area contributed by atoms with Gasteiger partial charge in [-0.15, -0.1) is 0 Å². The fourth-order valence-electron chi connectivity index (χ4n) is 1.70. The highest BCUT2D eigenvalue weighted by Crippen LogP contribution is 2.45. The third-order valence-corrected chi connectivity index (χ3v) is 2.33. The van der Waals surface area contributed by atoms with E-state index >= 15 is 0 Å². The van der Waals surface area contributed by atoms with Crippen LogP contribution in [0.2, 0.25) is 0 Å². The van der Waals surface area contributed by atoms with Gasteiger partial charge in [0.05, 0.1) is 0 Å². The second kappa shape index (κ2) is 3.10. The number of nitrogens with one attached hydrogen (secondary N) is 1. The molecule has 0 spiro atoms. The Bertz CT molecular complexity index is 213.